The van der Waals surface area contributed by atoms with Crippen molar-refractivity contribution in [2.75, 3.05) is 14.2 Å². The Bertz CT molecular complexity index is 723. The first-order valence-corrected chi connectivity index (χ1v) is 9.53. The Labute approximate surface area is 152 Å². The molecule has 1 saturated carbocycles. The SMILES string of the molecule is COc1ccc(C(=O)NCc2nc(C3CCCCC3)cs2)c(OC)c1. The van der Waals surface area contributed by atoms with Gasteiger partial charge in [0.15, 0.2) is 0 Å². The molecule has 0 saturated heterocycles. The summed E-state index contributed by atoms with van der Waals surface area (Å²) in [7, 11) is 3.13. The van der Waals surface area contributed by atoms with Crippen molar-refractivity contribution >= 4 is 17.2 Å². The normalized spacial score (nSPS) is 15.0. The summed E-state index contributed by atoms with van der Waals surface area (Å²) in [4.78, 5) is 17.2. The molecule has 1 aromatic heterocycles. The van der Waals surface area contributed by atoms with Crippen molar-refractivity contribution in [2.45, 2.75) is 44.6 Å². The number of rotatable bonds is 6. The highest BCUT2D eigenvalue weighted by Crippen LogP contribution is 2.33. The fraction of sp³-hybridized carbons (Fsp3) is 0.474. The van der Waals surface area contributed by atoms with E-state index in [2.05, 4.69) is 10.7 Å². The van der Waals surface area contributed by atoms with Crippen LogP contribution in [0.4, 0.5) is 0 Å². The molecule has 1 heterocycles. The van der Waals surface area contributed by atoms with Crippen molar-refractivity contribution in [3.63, 3.8) is 0 Å². The quantitative estimate of drug-likeness (QED) is 0.841. The lowest BCUT2D eigenvalue weighted by Crippen LogP contribution is -2.23. The molecule has 134 valence electrons. The maximum Gasteiger partial charge on any atom is 0.255 e. The number of benzene rings is 1. The van der Waals surface area contributed by atoms with Gasteiger partial charge in [-0.15, -0.1) is 11.3 Å². The predicted molar refractivity (Wildman–Crippen MR) is 98.7 cm³/mol. The van der Waals surface area contributed by atoms with E-state index in [-0.39, 0.29) is 5.91 Å². The molecular weight excluding hydrogens is 336 g/mol. The molecular formula is C19H24N2O3S. The number of nitrogens with zero attached hydrogens (tertiary/aromatic N) is 1. The topological polar surface area (TPSA) is 60.5 Å². The van der Waals surface area contributed by atoms with E-state index < -0.39 is 0 Å². The third-order valence-corrected chi connectivity index (χ3v) is 5.51. The van der Waals surface area contributed by atoms with E-state index in [4.69, 9.17) is 14.5 Å². The minimum atomic E-state index is -0.172. The third kappa shape index (κ3) is 4.31. The summed E-state index contributed by atoms with van der Waals surface area (Å²) < 4.78 is 10.5. The minimum absolute atomic E-state index is 0.172. The number of aromatic nitrogens is 1. The van der Waals surface area contributed by atoms with Gasteiger partial charge in [0.05, 0.1) is 32.0 Å². The predicted octanol–water partition coefficient (Wildman–Crippen LogP) is 4.14. The number of amides is 1. The Morgan fingerprint density at radius 3 is 2.76 bits per heavy atom. The van der Waals surface area contributed by atoms with Crippen molar-refractivity contribution in [3.05, 3.63) is 39.8 Å². The average Bonchev–Trinajstić information content (AvgIpc) is 3.15. The van der Waals surface area contributed by atoms with Gasteiger partial charge < -0.3 is 14.8 Å². The zero-order chi connectivity index (χ0) is 17.6. The van der Waals surface area contributed by atoms with Crippen LogP contribution in [-0.4, -0.2) is 25.1 Å². The molecule has 0 spiro atoms. The van der Waals surface area contributed by atoms with Crippen LogP contribution in [0.25, 0.3) is 0 Å². The molecule has 1 aromatic carbocycles. The van der Waals surface area contributed by atoms with Crippen LogP contribution in [0.5, 0.6) is 11.5 Å². The molecule has 1 amide bonds. The van der Waals surface area contributed by atoms with Crippen LogP contribution >= 0.6 is 11.3 Å². The minimum Gasteiger partial charge on any atom is -0.497 e. The molecule has 1 N–H and O–H groups in total. The van der Waals surface area contributed by atoms with Crippen molar-refractivity contribution in [1.82, 2.24) is 10.3 Å². The lowest BCUT2D eigenvalue weighted by atomic mass is 9.87. The van der Waals surface area contributed by atoms with Crippen LogP contribution in [0.2, 0.25) is 0 Å². The highest BCUT2D eigenvalue weighted by atomic mass is 32.1. The van der Waals surface area contributed by atoms with Gasteiger partial charge in [-0.2, -0.15) is 0 Å². The number of hydrogen-bond acceptors (Lipinski definition) is 5. The second-order valence-electron chi connectivity index (χ2n) is 6.25. The van der Waals surface area contributed by atoms with E-state index in [0.29, 0.717) is 29.5 Å². The molecule has 6 heteroatoms. The number of carbonyl (C=O) groups excluding carboxylic acids is 1. The zero-order valence-electron chi connectivity index (χ0n) is 14.7. The van der Waals surface area contributed by atoms with E-state index in [1.54, 1.807) is 43.8 Å². The summed E-state index contributed by atoms with van der Waals surface area (Å²) >= 11 is 1.62. The second kappa shape index (κ2) is 8.34. The molecule has 0 bridgehead atoms. The molecule has 5 nitrogen and oxygen atoms in total. The van der Waals surface area contributed by atoms with Crippen LogP contribution in [0.15, 0.2) is 23.6 Å². The maximum absolute atomic E-state index is 12.5. The number of nitrogens with one attached hydrogen (secondary N) is 1. The number of thiazole rings is 1. The Morgan fingerprint density at radius 1 is 1.24 bits per heavy atom. The van der Waals surface area contributed by atoms with E-state index in [9.17, 15) is 4.79 Å². The smallest absolute Gasteiger partial charge is 0.255 e. The van der Waals surface area contributed by atoms with Crippen LogP contribution < -0.4 is 14.8 Å². The van der Waals surface area contributed by atoms with Crippen molar-refractivity contribution < 1.29 is 14.3 Å². The van der Waals surface area contributed by atoms with Gasteiger partial charge in [0, 0.05) is 17.4 Å². The first-order chi connectivity index (χ1) is 12.2. The summed E-state index contributed by atoms with van der Waals surface area (Å²) in [5.74, 6) is 1.58. The average molecular weight is 360 g/mol. The van der Waals surface area contributed by atoms with Crippen LogP contribution in [0.1, 0.15) is 59.1 Å². The molecule has 1 aliphatic rings. The Kier molecular flexibility index (Phi) is 5.91. The van der Waals surface area contributed by atoms with Crippen LogP contribution in [0.3, 0.4) is 0 Å². The van der Waals surface area contributed by atoms with Crippen LogP contribution in [0, 0.1) is 0 Å². The van der Waals surface area contributed by atoms with Gasteiger partial charge in [-0.25, -0.2) is 4.98 Å². The van der Waals surface area contributed by atoms with E-state index in [1.807, 2.05) is 0 Å². The van der Waals surface area contributed by atoms with E-state index in [1.165, 1.54) is 37.8 Å². The zero-order valence-corrected chi connectivity index (χ0v) is 15.5. The number of methoxy groups -OCH3 is 2. The van der Waals surface area contributed by atoms with Crippen molar-refractivity contribution in [3.8, 4) is 11.5 Å². The number of carbonyl (C=O) groups is 1. The fourth-order valence-electron chi connectivity index (χ4n) is 3.23. The van der Waals surface area contributed by atoms with Gasteiger partial charge in [0.25, 0.3) is 5.91 Å². The fourth-order valence-corrected chi connectivity index (χ4v) is 4.04. The van der Waals surface area contributed by atoms with Crippen molar-refractivity contribution in [1.29, 1.82) is 0 Å². The third-order valence-electron chi connectivity index (χ3n) is 4.65. The molecule has 1 fully saturated rings. The monoisotopic (exact) mass is 360 g/mol. The lowest BCUT2D eigenvalue weighted by molar-refractivity contribution is 0.0947. The van der Waals surface area contributed by atoms with E-state index in [0.717, 1.165) is 5.01 Å². The first kappa shape index (κ1) is 17.7. The maximum atomic E-state index is 12.5. The summed E-state index contributed by atoms with van der Waals surface area (Å²) in [5.41, 5.74) is 1.68. The van der Waals surface area contributed by atoms with Crippen LogP contribution in [-0.2, 0) is 6.54 Å². The summed E-state index contributed by atoms with van der Waals surface area (Å²) in [6, 6.07) is 5.17. The van der Waals surface area contributed by atoms with Crippen molar-refractivity contribution in [2.24, 2.45) is 0 Å². The molecule has 0 radical (unpaired) electrons. The summed E-state index contributed by atoms with van der Waals surface area (Å²) in [5, 5.41) is 6.02. The lowest BCUT2D eigenvalue weighted by Gasteiger charge is -2.19. The molecule has 0 atom stereocenters. The van der Waals surface area contributed by atoms with Gasteiger partial charge in [0.1, 0.15) is 16.5 Å². The standard InChI is InChI=1S/C19H24N2O3S/c1-23-14-8-9-15(17(10-14)24-2)19(22)20-11-18-21-16(12-25-18)13-6-4-3-5-7-13/h8-10,12-13H,3-7,11H2,1-2H3,(H,20,22). The highest BCUT2D eigenvalue weighted by Gasteiger charge is 2.19. The molecule has 3 rings (SSSR count). The second-order valence-corrected chi connectivity index (χ2v) is 7.19. The van der Waals surface area contributed by atoms with Gasteiger partial charge >= 0.3 is 0 Å². The van der Waals surface area contributed by atoms with Gasteiger partial charge in [0.2, 0.25) is 0 Å². The largest absolute Gasteiger partial charge is 0.497 e. The number of ether oxygens (including phenoxy) is 2. The number of hydrogen-bond donors (Lipinski definition) is 1. The van der Waals surface area contributed by atoms with Gasteiger partial charge in [-0.05, 0) is 25.0 Å². The summed E-state index contributed by atoms with van der Waals surface area (Å²) in [6.45, 7) is 0.436. The van der Waals surface area contributed by atoms with E-state index >= 15 is 0 Å². The Balaban J connectivity index is 1.61. The molecule has 0 unspecified atom stereocenters. The van der Waals surface area contributed by atoms with Gasteiger partial charge in [-0.1, -0.05) is 19.3 Å². The van der Waals surface area contributed by atoms with Gasteiger partial charge in [-0.3, -0.25) is 4.79 Å². The molecule has 1 aliphatic carbocycles. The molecule has 2 aromatic rings. The molecule has 25 heavy (non-hydrogen) atoms. The summed E-state index contributed by atoms with van der Waals surface area (Å²) in [6.07, 6.45) is 6.40. The molecule has 0 aliphatic heterocycles. The highest BCUT2D eigenvalue weighted by molar-refractivity contribution is 7.09. The first-order valence-electron chi connectivity index (χ1n) is 8.65. The Morgan fingerprint density at radius 2 is 2.04 bits per heavy atom. The Hall–Kier alpha value is -2.08.